The van der Waals surface area contributed by atoms with Gasteiger partial charge in [0.25, 0.3) is 0 Å². The van der Waals surface area contributed by atoms with Gasteiger partial charge in [-0.1, -0.05) is 24.6 Å². The van der Waals surface area contributed by atoms with E-state index in [1.807, 2.05) is 25.1 Å². The van der Waals surface area contributed by atoms with Crippen LogP contribution in [0.25, 0.3) is 0 Å². The number of nitrogens with two attached hydrogens (primary N) is 1. The molecule has 0 aromatic heterocycles. The van der Waals surface area contributed by atoms with Gasteiger partial charge >= 0.3 is 0 Å². The second-order valence-electron chi connectivity index (χ2n) is 3.80. The zero-order chi connectivity index (χ0) is 12.0. The molecule has 0 saturated carbocycles. The third kappa shape index (κ3) is 3.76. The van der Waals surface area contributed by atoms with Crippen molar-refractivity contribution in [3.63, 3.8) is 0 Å². The Labute approximate surface area is 102 Å². The molecule has 0 aliphatic carbocycles. The van der Waals surface area contributed by atoms with E-state index in [-0.39, 0.29) is 6.04 Å². The summed E-state index contributed by atoms with van der Waals surface area (Å²) in [5.74, 6) is 5.53. The van der Waals surface area contributed by atoms with Crippen molar-refractivity contribution in [2.24, 2.45) is 5.84 Å². The molecule has 1 rings (SSSR count). The first-order valence-corrected chi connectivity index (χ1v) is 5.86. The van der Waals surface area contributed by atoms with Crippen molar-refractivity contribution in [3.8, 4) is 0 Å². The van der Waals surface area contributed by atoms with Crippen LogP contribution in [0.5, 0.6) is 0 Å². The average molecular weight is 243 g/mol. The number of hydrogen-bond donors (Lipinski definition) is 2. The van der Waals surface area contributed by atoms with Crippen LogP contribution in [0.1, 0.15) is 30.5 Å². The number of hydrogen-bond acceptors (Lipinski definition) is 3. The van der Waals surface area contributed by atoms with Crippen molar-refractivity contribution in [1.82, 2.24) is 5.43 Å². The molecule has 1 unspecified atom stereocenters. The molecule has 0 aliphatic rings. The van der Waals surface area contributed by atoms with Crippen molar-refractivity contribution in [1.29, 1.82) is 0 Å². The zero-order valence-electron chi connectivity index (χ0n) is 9.79. The molecule has 0 aliphatic heterocycles. The average Bonchev–Trinajstić information content (AvgIpc) is 2.26. The number of rotatable bonds is 6. The van der Waals surface area contributed by atoms with E-state index in [1.54, 1.807) is 0 Å². The predicted octanol–water partition coefficient (Wildman–Crippen LogP) is 2.58. The second kappa shape index (κ2) is 6.86. The summed E-state index contributed by atoms with van der Waals surface area (Å²) in [4.78, 5) is 0. The third-order valence-corrected chi connectivity index (χ3v) is 2.68. The van der Waals surface area contributed by atoms with E-state index >= 15 is 0 Å². The lowest BCUT2D eigenvalue weighted by Gasteiger charge is -2.18. The van der Waals surface area contributed by atoms with Crippen LogP contribution in [0, 0.1) is 6.92 Å². The minimum atomic E-state index is 0.0174. The van der Waals surface area contributed by atoms with Gasteiger partial charge in [-0.2, -0.15) is 0 Å². The van der Waals surface area contributed by atoms with Crippen molar-refractivity contribution in [2.45, 2.75) is 26.3 Å². The van der Waals surface area contributed by atoms with Crippen LogP contribution >= 0.6 is 11.6 Å². The maximum Gasteiger partial charge on any atom is 0.0696 e. The van der Waals surface area contributed by atoms with Gasteiger partial charge in [0.1, 0.15) is 0 Å². The predicted molar refractivity (Wildman–Crippen MR) is 67.4 cm³/mol. The van der Waals surface area contributed by atoms with Crippen molar-refractivity contribution >= 4 is 11.6 Å². The Morgan fingerprint density at radius 2 is 2.25 bits per heavy atom. The second-order valence-corrected chi connectivity index (χ2v) is 4.23. The molecule has 0 radical (unpaired) electrons. The molecule has 1 aromatic rings. The lowest BCUT2D eigenvalue weighted by Crippen LogP contribution is -2.32. The summed E-state index contributed by atoms with van der Waals surface area (Å²) in [5.41, 5.74) is 5.02. The number of aryl methyl sites for hydroxylation is 1. The van der Waals surface area contributed by atoms with E-state index in [0.29, 0.717) is 6.61 Å². The molecule has 16 heavy (non-hydrogen) atoms. The van der Waals surface area contributed by atoms with Gasteiger partial charge in [0.15, 0.2) is 0 Å². The molecule has 0 spiro atoms. The quantitative estimate of drug-likeness (QED) is 0.458. The Kier molecular flexibility index (Phi) is 5.77. The minimum Gasteiger partial charge on any atom is -0.379 e. The summed E-state index contributed by atoms with van der Waals surface area (Å²) >= 11 is 5.91. The summed E-state index contributed by atoms with van der Waals surface area (Å²) < 4.78 is 5.50. The molecule has 4 heteroatoms. The standard InChI is InChI=1S/C12H19ClN2O/c1-3-6-16-8-12(15-14)11-5-4-10(13)7-9(11)2/h4-5,7,12,15H,3,6,8,14H2,1-2H3. The number of halogens is 1. The summed E-state index contributed by atoms with van der Waals surface area (Å²) in [5, 5.41) is 0.742. The molecule has 0 fully saturated rings. The fourth-order valence-electron chi connectivity index (χ4n) is 1.60. The summed E-state index contributed by atoms with van der Waals surface area (Å²) in [6.45, 7) is 5.43. The van der Waals surface area contributed by atoms with Gasteiger partial charge in [-0.3, -0.25) is 11.3 Å². The van der Waals surface area contributed by atoms with Crippen LogP contribution in [0.15, 0.2) is 18.2 Å². The Balaban J connectivity index is 2.70. The molecular formula is C12H19ClN2O. The topological polar surface area (TPSA) is 47.3 Å². The van der Waals surface area contributed by atoms with Gasteiger partial charge in [-0.15, -0.1) is 0 Å². The Bertz CT molecular complexity index is 331. The fraction of sp³-hybridized carbons (Fsp3) is 0.500. The molecular weight excluding hydrogens is 224 g/mol. The van der Waals surface area contributed by atoms with E-state index in [0.717, 1.165) is 29.2 Å². The number of ether oxygens (including phenoxy) is 1. The van der Waals surface area contributed by atoms with Crippen molar-refractivity contribution < 1.29 is 4.74 Å². The molecule has 90 valence electrons. The number of benzene rings is 1. The molecule has 0 amide bonds. The number of nitrogens with one attached hydrogen (secondary N) is 1. The maximum atomic E-state index is 5.91. The van der Waals surface area contributed by atoms with Crippen LogP contribution in [-0.4, -0.2) is 13.2 Å². The van der Waals surface area contributed by atoms with Crippen molar-refractivity contribution in [2.75, 3.05) is 13.2 Å². The molecule has 0 saturated heterocycles. The molecule has 0 heterocycles. The monoisotopic (exact) mass is 242 g/mol. The van der Waals surface area contributed by atoms with E-state index in [1.165, 1.54) is 0 Å². The van der Waals surface area contributed by atoms with E-state index in [2.05, 4.69) is 12.3 Å². The summed E-state index contributed by atoms with van der Waals surface area (Å²) in [7, 11) is 0. The first-order valence-electron chi connectivity index (χ1n) is 5.49. The minimum absolute atomic E-state index is 0.0174. The highest BCUT2D eigenvalue weighted by Gasteiger charge is 2.12. The Morgan fingerprint density at radius 3 is 2.81 bits per heavy atom. The Hall–Kier alpha value is -0.610. The van der Waals surface area contributed by atoms with E-state index in [9.17, 15) is 0 Å². The van der Waals surface area contributed by atoms with E-state index in [4.69, 9.17) is 22.2 Å². The normalized spacial score (nSPS) is 12.8. The molecule has 0 bridgehead atoms. The van der Waals surface area contributed by atoms with Crippen LogP contribution in [0.2, 0.25) is 5.02 Å². The van der Waals surface area contributed by atoms with Gasteiger partial charge in [0.05, 0.1) is 12.6 Å². The third-order valence-electron chi connectivity index (χ3n) is 2.44. The van der Waals surface area contributed by atoms with Crippen LogP contribution in [-0.2, 0) is 4.74 Å². The lowest BCUT2D eigenvalue weighted by atomic mass is 10.0. The van der Waals surface area contributed by atoms with Gasteiger partial charge in [-0.25, -0.2) is 0 Å². The largest absolute Gasteiger partial charge is 0.379 e. The summed E-state index contributed by atoms with van der Waals surface area (Å²) in [6.07, 6.45) is 1.01. The highest BCUT2D eigenvalue weighted by atomic mass is 35.5. The van der Waals surface area contributed by atoms with Gasteiger partial charge in [0.2, 0.25) is 0 Å². The van der Waals surface area contributed by atoms with Crippen molar-refractivity contribution in [3.05, 3.63) is 34.3 Å². The maximum absolute atomic E-state index is 5.91. The molecule has 1 atom stereocenters. The Morgan fingerprint density at radius 1 is 1.50 bits per heavy atom. The summed E-state index contributed by atoms with van der Waals surface area (Å²) in [6, 6.07) is 5.80. The highest BCUT2D eigenvalue weighted by Crippen LogP contribution is 2.21. The molecule has 3 nitrogen and oxygen atoms in total. The van der Waals surface area contributed by atoms with Gasteiger partial charge in [-0.05, 0) is 36.6 Å². The van der Waals surface area contributed by atoms with Crippen LogP contribution in [0.3, 0.4) is 0 Å². The SMILES string of the molecule is CCCOCC(NN)c1ccc(Cl)cc1C. The van der Waals surface area contributed by atoms with Gasteiger partial charge in [0, 0.05) is 11.6 Å². The van der Waals surface area contributed by atoms with Crippen LogP contribution < -0.4 is 11.3 Å². The lowest BCUT2D eigenvalue weighted by molar-refractivity contribution is 0.112. The first kappa shape index (κ1) is 13.5. The fourth-order valence-corrected chi connectivity index (χ4v) is 1.83. The number of hydrazine groups is 1. The molecule has 3 N–H and O–H groups in total. The molecule has 1 aromatic carbocycles. The first-order chi connectivity index (χ1) is 7.69. The van der Waals surface area contributed by atoms with Crippen LogP contribution in [0.4, 0.5) is 0 Å². The van der Waals surface area contributed by atoms with Gasteiger partial charge < -0.3 is 4.74 Å². The zero-order valence-corrected chi connectivity index (χ0v) is 10.6. The highest BCUT2D eigenvalue weighted by molar-refractivity contribution is 6.30. The smallest absolute Gasteiger partial charge is 0.0696 e. The van der Waals surface area contributed by atoms with E-state index < -0.39 is 0 Å².